The van der Waals surface area contributed by atoms with Gasteiger partial charge in [0.1, 0.15) is 0 Å². The summed E-state index contributed by atoms with van der Waals surface area (Å²) in [5.41, 5.74) is 2.57. The average Bonchev–Trinajstić information content (AvgIpc) is 2.19. The van der Waals surface area contributed by atoms with Crippen LogP contribution in [0.5, 0.6) is 0 Å². The summed E-state index contributed by atoms with van der Waals surface area (Å²) in [5.74, 6) is 0.503. The van der Waals surface area contributed by atoms with Crippen LogP contribution in [0.2, 0.25) is 0 Å². The molecule has 0 aromatic carbocycles. The van der Waals surface area contributed by atoms with Crippen LogP contribution < -0.4 is 5.32 Å². The van der Waals surface area contributed by atoms with Crippen molar-refractivity contribution in [3.8, 4) is 0 Å². The minimum Gasteiger partial charge on any atom is -0.325 e. The molecule has 4 heteroatoms. The third kappa shape index (κ3) is 3.88. The van der Waals surface area contributed by atoms with Crippen molar-refractivity contribution >= 4 is 23.2 Å². The zero-order valence-corrected chi connectivity index (χ0v) is 9.77. The normalized spacial score (nSPS) is 10.1. The Morgan fingerprint density at radius 2 is 2.20 bits per heavy atom. The molecular weight excluding hydrogens is 212 g/mol. The highest BCUT2D eigenvalue weighted by molar-refractivity contribution is 6.18. The standard InChI is InChI=1S/C11H15ClN2O/c1-8-5-6-10(9(2)13-8)14-11(15)4-3-7-12/h5-6H,3-4,7H2,1-2H3,(H,14,15). The second-order valence-electron chi connectivity index (χ2n) is 3.43. The lowest BCUT2D eigenvalue weighted by molar-refractivity contribution is -0.116. The molecule has 15 heavy (non-hydrogen) atoms. The molecule has 3 nitrogen and oxygen atoms in total. The molecular formula is C11H15ClN2O. The molecule has 0 atom stereocenters. The van der Waals surface area contributed by atoms with Crippen LogP contribution in [0.15, 0.2) is 12.1 Å². The van der Waals surface area contributed by atoms with Gasteiger partial charge >= 0.3 is 0 Å². The number of anilines is 1. The van der Waals surface area contributed by atoms with Crippen LogP contribution in [-0.2, 0) is 4.79 Å². The summed E-state index contributed by atoms with van der Waals surface area (Å²) in [4.78, 5) is 15.7. The van der Waals surface area contributed by atoms with E-state index in [1.54, 1.807) is 0 Å². The van der Waals surface area contributed by atoms with E-state index in [9.17, 15) is 4.79 Å². The van der Waals surface area contributed by atoms with Gasteiger partial charge in [-0.25, -0.2) is 0 Å². The molecule has 82 valence electrons. The number of carbonyl (C=O) groups excluding carboxylic acids is 1. The number of halogens is 1. The van der Waals surface area contributed by atoms with Crippen LogP contribution in [-0.4, -0.2) is 16.8 Å². The van der Waals surface area contributed by atoms with Gasteiger partial charge in [0.15, 0.2) is 0 Å². The molecule has 0 radical (unpaired) electrons. The summed E-state index contributed by atoms with van der Waals surface area (Å²) >= 11 is 5.51. The summed E-state index contributed by atoms with van der Waals surface area (Å²) < 4.78 is 0. The maximum Gasteiger partial charge on any atom is 0.224 e. The molecule has 0 fully saturated rings. The van der Waals surface area contributed by atoms with E-state index >= 15 is 0 Å². The van der Waals surface area contributed by atoms with Crippen LogP contribution in [0.3, 0.4) is 0 Å². The first kappa shape index (κ1) is 12.0. The highest BCUT2D eigenvalue weighted by atomic mass is 35.5. The first-order valence-corrected chi connectivity index (χ1v) is 5.47. The third-order valence-corrected chi connectivity index (χ3v) is 2.30. The molecule has 0 spiro atoms. The van der Waals surface area contributed by atoms with Gasteiger partial charge in [0.05, 0.1) is 11.4 Å². The lowest BCUT2D eigenvalue weighted by Crippen LogP contribution is -2.12. The van der Waals surface area contributed by atoms with E-state index in [-0.39, 0.29) is 5.91 Å². The fourth-order valence-corrected chi connectivity index (χ4v) is 1.39. The zero-order valence-electron chi connectivity index (χ0n) is 9.01. The Morgan fingerprint density at radius 1 is 1.47 bits per heavy atom. The van der Waals surface area contributed by atoms with Crippen molar-refractivity contribution in [2.75, 3.05) is 11.2 Å². The number of nitrogens with zero attached hydrogens (tertiary/aromatic N) is 1. The molecule has 1 aromatic rings. The van der Waals surface area contributed by atoms with Crippen molar-refractivity contribution in [1.82, 2.24) is 4.98 Å². The molecule has 0 saturated heterocycles. The molecule has 0 aliphatic heterocycles. The quantitative estimate of drug-likeness (QED) is 0.802. The fraction of sp³-hybridized carbons (Fsp3) is 0.455. The van der Waals surface area contributed by atoms with Crippen LogP contribution in [0, 0.1) is 13.8 Å². The smallest absolute Gasteiger partial charge is 0.224 e. The van der Waals surface area contributed by atoms with E-state index in [1.807, 2.05) is 26.0 Å². The Balaban J connectivity index is 2.60. The minimum absolute atomic E-state index is 0.00981. The number of hydrogen-bond acceptors (Lipinski definition) is 2. The molecule has 1 N–H and O–H groups in total. The number of nitrogens with one attached hydrogen (secondary N) is 1. The summed E-state index contributed by atoms with van der Waals surface area (Å²) in [7, 11) is 0. The SMILES string of the molecule is Cc1ccc(NC(=O)CCCCl)c(C)n1. The molecule has 0 aliphatic carbocycles. The Morgan fingerprint density at radius 3 is 2.80 bits per heavy atom. The highest BCUT2D eigenvalue weighted by Gasteiger charge is 2.04. The molecule has 1 heterocycles. The predicted octanol–water partition coefficient (Wildman–Crippen LogP) is 2.66. The van der Waals surface area contributed by atoms with Crippen molar-refractivity contribution in [1.29, 1.82) is 0 Å². The van der Waals surface area contributed by atoms with Crippen LogP contribution >= 0.6 is 11.6 Å². The molecule has 1 aromatic heterocycles. The topological polar surface area (TPSA) is 42.0 Å². The zero-order chi connectivity index (χ0) is 11.3. The predicted molar refractivity (Wildman–Crippen MR) is 62.3 cm³/mol. The summed E-state index contributed by atoms with van der Waals surface area (Å²) in [5, 5.41) is 2.81. The fourth-order valence-electron chi connectivity index (χ4n) is 1.26. The first-order chi connectivity index (χ1) is 7.13. The number of aryl methyl sites for hydroxylation is 2. The number of amides is 1. The number of rotatable bonds is 4. The summed E-state index contributed by atoms with van der Waals surface area (Å²) in [6.07, 6.45) is 1.16. The molecule has 1 rings (SSSR count). The first-order valence-electron chi connectivity index (χ1n) is 4.93. The van der Waals surface area contributed by atoms with Crippen molar-refractivity contribution in [3.63, 3.8) is 0 Å². The van der Waals surface area contributed by atoms with Crippen molar-refractivity contribution in [2.45, 2.75) is 26.7 Å². The van der Waals surface area contributed by atoms with E-state index in [2.05, 4.69) is 10.3 Å². The Labute approximate surface area is 94.9 Å². The Kier molecular flexibility index (Phi) is 4.56. The van der Waals surface area contributed by atoms with Crippen molar-refractivity contribution < 1.29 is 4.79 Å². The third-order valence-electron chi connectivity index (χ3n) is 2.04. The molecule has 0 unspecified atom stereocenters. The average molecular weight is 227 g/mol. The van der Waals surface area contributed by atoms with E-state index in [0.29, 0.717) is 18.7 Å². The monoisotopic (exact) mass is 226 g/mol. The van der Waals surface area contributed by atoms with Gasteiger partial charge in [-0.3, -0.25) is 9.78 Å². The number of carbonyl (C=O) groups is 1. The number of aromatic nitrogens is 1. The van der Waals surface area contributed by atoms with Crippen LogP contribution in [0.1, 0.15) is 24.2 Å². The van der Waals surface area contributed by atoms with E-state index in [4.69, 9.17) is 11.6 Å². The summed E-state index contributed by atoms with van der Waals surface area (Å²) in [6, 6.07) is 3.75. The van der Waals surface area contributed by atoms with E-state index in [1.165, 1.54) is 0 Å². The van der Waals surface area contributed by atoms with Gasteiger partial charge in [0.2, 0.25) is 5.91 Å². The van der Waals surface area contributed by atoms with Gasteiger partial charge in [-0.05, 0) is 32.4 Å². The second kappa shape index (κ2) is 5.71. The Hall–Kier alpha value is -1.09. The number of pyridine rings is 1. The van der Waals surface area contributed by atoms with Gasteiger partial charge in [-0.1, -0.05) is 0 Å². The molecule has 0 bridgehead atoms. The summed E-state index contributed by atoms with van der Waals surface area (Å²) in [6.45, 7) is 3.80. The van der Waals surface area contributed by atoms with Crippen LogP contribution in [0.4, 0.5) is 5.69 Å². The lowest BCUT2D eigenvalue weighted by Gasteiger charge is -2.07. The van der Waals surface area contributed by atoms with Gasteiger partial charge < -0.3 is 5.32 Å². The lowest BCUT2D eigenvalue weighted by atomic mass is 10.2. The maximum atomic E-state index is 11.4. The van der Waals surface area contributed by atoms with Gasteiger partial charge in [0.25, 0.3) is 0 Å². The maximum absolute atomic E-state index is 11.4. The van der Waals surface area contributed by atoms with Crippen LogP contribution in [0.25, 0.3) is 0 Å². The minimum atomic E-state index is -0.00981. The molecule has 1 amide bonds. The van der Waals surface area contributed by atoms with Crippen molar-refractivity contribution in [2.24, 2.45) is 0 Å². The Bertz CT molecular complexity index is 352. The molecule has 0 aliphatic rings. The molecule has 0 saturated carbocycles. The highest BCUT2D eigenvalue weighted by Crippen LogP contribution is 2.13. The largest absolute Gasteiger partial charge is 0.325 e. The van der Waals surface area contributed by atoms with Gasteiger partial charge in [-0.15, -0.1) is 11.6 Å². The second-order valence-corrected chi connectivity index (χ2v) is 3.80. The van der Waals surface area contributed by atoms with E-state index < -0.39 is 0 Å². The number of alkyl halides is 1. The van der Waals surface area contributed by atoms with E-state index in [0.717, 1.165) is 17.1 Å². The van der Waals surface area contributed by atoms with Gasteiger partial charge in [-0.2, -0.15) is 0 Å². The number of hydrogen-bond donors (Lipinski definition) is 1. The van der Waals surface area contributed by atoms with Gasteiger partial charge in [0, 0.05) is 18.0 Å². The van der Waals surface area contributed by atoms with Crippen molar-refractivity contribution in [3.05, 3.63) is 23.5 Å².